The van der Waals surface area contributed by atoms with Gasteiger partial charge < -0.3 is 4.74 Å². The summed E-state index contributed by atoms with van der Waals surface area (Å²) in [5.74, 6) is -0.729. The van der Waals surface area contributed by atoms with Crippen molar-refractivity contribution in [2.75, 3.05) is 19.7 Å². The van der Waals surface area contributed by atoms with Crippen LogP contribution in [0.25, 0.3) is 16.9 Å². The number of hydrogen-bond donors (Lipinski definition) is 1. The van der Waals surface area contributed by atoms with Gasteiger partial charge in [-0.1, -0.05) is 17.7 Å². The third-order valence-electron chi connectivity index (χ3n) is 6.21. The molecule has 7 nitrogen and oxygen atoms in total. The first kappa shape index (κ1) is 27.2. The number of carbonyl (C=O) groups is 2. The molecule has 8 heteroatoms. The first-order valence-electron chi connectivity index (χ1n) is 11.7. The molecule has 1 atom stereocenters. The third kappa shape index (κ3) is 6.08. The minimum atomic E-state index is -0.283. The van der Waals surface area contributed by atoms with Crippen molar-refractivity contribution < 1.29 is 47.0 Å². The molecule has 1 unspecified atom stereocenters. The fraction of sp³-hybridized carbons (Fsp3) is 0.370. The molecule has 1 aromatic heterocycles. The van der Waals surface area contributed by atoms with Crippen molar-refractivity contribution in [1.82, 2.24) is 20.2 Å². The van der Waals surface area contributed by atoms with Crippen LogP contribution in [0.3, 0.4) is 0 Å². The molecule has 4 rings (SSSR count). The first-order chi connectivity index (χ1) is 16.4. The van der Waals surface area contributed by atoms with Crippen molar-refractivity contribution in [3.05, 3.63) is 70.9 Å². The number of aryl methyl sites for hydroxylation is 2. The second-order valence-corrected chi connectivity index (χ2v) is 8.79. The third-order valence-corrected chi connectivity index (χ3v) is 6.21. The number of nitrogens with one attached hydrogen (secondary N) is 1. The van der Waals surface area contributed by atoms with E-state index in [1.807, 2.05) is 54.9 Å². The summed E-state index contributed by atoms with van der Waals surface area (Å²) in [6.45, 7) is 9.30. The van der Waals surface area contributed by atoms with E-state index in [1.54, 1.807) is 11.9 Å². The van der Waals surface area contributed by atoms with Gasteiger partial charge in [0.25, 0.3) is 5.91 Å². The predicted molar refractivity (Wildman–Crippen MR) is 130 cm³/mol. The van der Waals surface area contributed by atoms with Crippen LogP contribution in [-0.4, -0.2) is 46.4 Å². The summed E-state index contributed by atoms with van der Waals surface area (Å²) in [6, 6.07) is 16.9. The number of hydrogen-bond acceptors (Lipinski definition) is 5. The van der Waals surface area contributed by atoms with E-state index in [0.29, 0.717) is 25.4 Å². The summed E-state index contributed by atoms with van der Waals surface area (Å²) in [6.07, 6.45) is 1.58. The van der Waals surface area contributed by atoms with Gasteiger partial charge in [-0.25, -0.2) is 9.69 Å². The topological polar surface area (TPSA) is 76.5 Å². The molecule has 0 bridgehead atoms. The second-order valence-electron chi connectivity index (χ2n) is 8.79. The molecule has 3 aromatic rings. The van der Waals surface area contributed by atoms with E-state index in [9.17, 15) is 9.59 Å². The number of rotatable bonds is 6. The van der Waals surface area contributed by atoms with E-state index >= 15 is 0 Å². The number of benzene rings is 2. The molecule has 1 aliphatic rings. The van der Waals surface area contributed by atoms with E-state index in [4.69, 9.17) is 9.84 Å². The Morgan fingerprint density at radius 1 is 1.17 bits per heavy atom. The average Bonchev–Trinajstić information content (AvgIpc) is 3.17. The van der Waals surface area contributed by atoms with Gasteiger partial charge in [0.15, 0.2) is 5.69 Å². The van der Waals surface area contributed by atoms with Crippen molar-refractivity contribution in [2.45, 2.75) is 40.5 Å². The Morgan fingerprint density at radius 2 is 1.91 bits per heavy atom. The van der Waals surface area contributed by atoms with Crippen LogP contribution in [0.2, 0.25) is 0 Å². The standard InChI is InChI=1S/C27H31N4O3.Y/c1-5-34-27(33)22-12-9-15-30(17-22)29-26(32)24-20(4)25(21-10-7-6-8-11-21)31(28-24)23-14-13-18(2)16-19(23)3;/h7-8,10-11,13-14,16,22H,5,9,12,15,17H2,1-4H3,(H,29,32);/q-1;. The largest absolute Gasteiger partial charge is 0.466 e. The Hall–Kier alpha value is -2.35. The zero-order valence-corrected chi connectivity index (χ0v) is 23.6. The van der Waals surface area contributed by atoms with Crippen LogP contribution in [0, 0.1) is 32.8 Å². The Balaban J connectivity index is 0.00000342. The van der Waals surface area contributed by atoms with Crippen LogP contribution >= 0.6 is 0 Å². The molecule has 181 valence electrons. The summed E-state index contributed by atoms with van der Waals surface area (Å²) in [5.41, 5.74) is 9.13. The smallest absolute Gasteiger partial charge is 0.310 e. The van der Waals surface area contributed by atoms with Crippen molar-refractivity contribution in [1.29, 1.82) is 0 Å². The van der Waals surface area contributed by atoms with Gasteiger partial charge in [-0.15, -0.1) is 5.56 Å². The molecule has 1 N–H and O–H groups in total. The number of piperidine rings is 1. The van der Waals surface area contributed by atoms with Crippen LogP contribution in [0.5, 0.6) is 0 Å². The van der Waals surface area contributed by atoms with Gasteiger partial charge in [0.05, 0.1) is 23.9 Å². The summed E-state index contributed by atoms with van der Waals surface area (Å²) in [5, 5.41) is 6.58. The van der Waals surface area contributed by atoms with Crippen LogP contribution in [0.4, 0.5) is 0 Å². The molecule has 1 saturated heterocycles. The van der Waals surface area contributed by atoms with Crippen molar-refractivity contribution in [3.63, 3.8) is 0 Å². The summed E-state index contributed by atoms with van der Waals surface area (Å²) in [4.78, 5) is 25.5. The fourth-order valence-electron chi connectivity index (χ4n) is 4.54. The molecule has 1 aliphatic heterocycles. The number of nitrogens with zero attached hydrogens (tertiary/aromatic N) is 3. The molecule has 0 spiro atoms. The molecule has 0 aliphatic carbocycles. The molecule has 1 fully saturated rings. The number of amides is 1. The van der Waals surface area contributed by atoms with E-state index < -0.39 is 0 Å². The Kier molecular flexibility index (Phi) is 9.39. The Bertz CT molecular complexity index is 1190. The maximum atomic E-state index is 13.4. The van der Waals surface area contributed by atoms with E-state index in [2.05, 4.69) is 24.5 Å². The van der Waals surface area contributed by atoms with Crippen molar-refractivity contribution >= 4 is 11.9 Å². The molecule has 2 heterocycles. The number of esters is 1. The van der Waals surface area contributed by atoms with Crippen molar-refractivity contribution in [3.8, 4) is 16.9 Å². The molecule has 2 aromatic carbocycles. The zero-order chi connectivity index (χ0) is 24.2. The van der Waals surface area contributed by atoms with Crippen LogP contribution in [0.15, 0.2) is 42.5 Å². The Morgan fingerprint density at radius 3 is 2.60 bits per heavy atom. The van der Waals surface area contributed by atoms with Crippen LogP contribution in [0.1, 0.15) is 46.9 Å². The van der Waals surface area contributed by atoms with E-state index in [-0.39, 0.29) is 50.5 Å². The predicted octanol–water partition coefficient (Wildman–Crippen LogP) is 4.18. The molecule has 35 heavy (non-hydrogen) atoms. The zero-order valence-electron chi connectivity index (χ0n) is 20.8. The summed E-state index contributed by atoms with van der Waals surface area (Å²) < 4.78 is 7.03. The SMILES string of the molecule is CCOC(=O)C1CCCN(NC(=O)c2nn(-c3ccc(C)cc3C)c(-c3cc[c-]cc3)c2C)C1.[Y]. The summed E-state index contributed by atoms with van der Waals surface area (Å²) in [7, 11) is 0. The number of aromatic nitrogens is 2. The van der Waals surface area contributed by atoms with Gasteiger partial charge in [0, 0.05) is 51.4 Å². The molecule has 1 radical (unpaired) electrons. The quantitative estimate of drug-likeness (QED) is 0.370. The van der Waals surface area contributed by atoms with Crippen molar-refractivity contribution in [2.24, 2.45) is 5.92 Å². The molecular weight excluding hydrogens is 517 g/mol. The number of hydrazine groups is 1. The average molecular weight is 548 g/mol. The minimum Gasteiger partial charge on any atom is -0.466 e. The molecule has 0 saturated carbocycles. The van der Waals surface area contributed by atoms with Gasteiger partial charge in [-0.2, -0.15) is 35.4 Å². The normalized spacial score (nSPS) is 15.8. The number of ether oxygens (including phenoxy) is 1. The fourth-order valence-corrected chi connectivity index (χ4v) is 4.54. The Labute approximate surface area is 232 Å². The van der Waals surface area contributed by atoms with Gasteiger partial charge >= 0.3 is 5.97 Å². The van der Waals surface area contributed by atoms with E-state index in [1.165, 1.54) is 5.56 Å². The molecule has 1 amide bonds. The first-order valence-corrected chi connectivity index (χ1v) is 11.7. The summed E-state index contributed by atoms with van der Waals surface area (Å²) >= 11 is 0. The van der Waals surface area contributed by atoms with Crippen LogP contribution < -0.4 is 5.43 Å². The van der Waals surface area contributed by atoms with Gasteiger partial charge in [0.1, 0.15) is 0 Å². The maximum absolute atomic E-state index is 13.4. The van der Waals surface area contributed by atoms with Gasteiger partial charge in [-0.05, 0) is 52.2 Å². The monoisotopic (exact) mass is 548 g/mol. The molecular formula is C27H31N4O3Y-. The van der Waals surface area contributed by atoms with Gasteiger partial charge in [0.2, 0.25) is 0 Å². The maximum Gasteiger partial charge on any atom is 0.310 e. The minimum absolute atomic E-state index is 0. The van der Waals surface area contributed by atoms with E-state index in [0.717, 1.165) is 40.9 Å². The number of carbonyl (C=O) groups excluding carboxylic acids is 2. The van der Waals surface area contributed by atoms with Crippen LogP contribution in [-0.2, 0) is 42.2 Å². The second kappa shape index (κ2) is 12.1. The van der Waals surface area contributed by atoms with Gasteiger partial charge in [-0.3, -0.25) is 15.0 Å².